The van der Waals surface area contributed by atoms with Gasteiger partial charge in [-0.3, -0.25) is 9.36 Å². The molecule has 0 unspecified atom stereocenters. The van der Waals surface area contributed by atoms with Crippen LogP contribution in [0.4, 0.5) is 0 Å². The number of fused-ring (bicyclic) bond motifs is 4. The van der Waals surface area contributed by atoms with Crippen LogP contribution in [-0.4, -0.2) is 47.3 Å². The Kier molecular flexibility index (Phi) is 5.57. The number of methoxy groups -OCH3 is 1. The van der Waals surface area contributed by atoms with Gasteiger partial charge in [-0.05, 0) is 36.4 Å². The van der Waals surface area contributed by atoms with E-state index in [2.05, 4.69) is 6.07 Å². The lowest BCUT2D eigenvalue weighted by Gasteiger charge is -2.45. The van der Waals surface area contributed by atoms with Gasteiger partial charge >= 0.3 is 0 Å². The highest BCUT2D eigenvalue weighted by atomic mass is 16.5. The normalized spacial score (nSPS) is 16.1. The maximum atomic E-state index is 13.4. The first kappa shape index (κ1) is 23.0. The summed E-state index contributed by atoms with van der Waals surface area (Å²) >= 11 is 0. The van der Waals surface area contributed by atoms with E-state index in [0.717, 1.165) is 22.7 Å². The number of likely N-dealkylation sites (tertiary alicyclic amines) is 1. The summed E-state index contributed by atoms with van der Waals surface area (Å²) in [5.41, 5.74) is 2.75. The zero-order valence-electron chi connectivity index (χ0n) is 20.2. The van der Waals surface area contributed by atoms with Gasteiger partial charge in [0, 0.05) is 42.5 Å². The molecular formula is C28H29N3O4. The molecule has 3 aromatic rings. The maximum absolute atomic E-state index is 13.4. The molecule has 2 aromatic carbocycles. The second-order valence-corrected chi connectivity index (χ2v) is 9.86. The maximum Gasteiger partial charge on any atom is 0.253 e. The van der Waals surface area contributed by atoms with Crippen molar-refractivity contribution < 1.29 is 19.4 Å². The topological polar surface area (TPSA) is 87.7 Å². The van der Waals surface area contributed by atoms with Gasteiger partial charge in [-0.25, -0.2) is 0 Å². The molecule has 1 saturated heterocycles. The van der Waals surface area contributed by atoms with E-state index in [4.69, 9.17) is 9.47 Å². The van der Waals surface area contributed by atoms with E-state index in [9.17, 15) is 15.2 Å². The van der Waals surface area contributed by atoms with E-state index in [0.29, 0.717) is 42.9 Å². The largest absolute Gasteiger partial charge is 0.496 e. The third-order valence-corrected chi connectivity index (χ3v) is 7.30. The van der Waals surface area contributed by atoms with Gasteiger partial charge in [-0.2, -0.15) is 5.26 Å². The van der Waals surface area contributed by atoms with Crippen molar-refractivity contribution in [3.05, 3.63) is 77.1 Å². The Bertz CT molecular complexity index is 1330. The lowest BCUT2D eigenvalue weighted by Crippen LogP contribution is -2.50. The van der Waals surface area contributed by atoms with Crippen LogP contribution in [0.1, 0.15) is 54.0 Å². The molecule has 1 spiro atoms. The molecule has 3 heterocycles. The van der Waals surface area contributed by atoms with Gasteiger partial charge in [-0.15, -0.1) is 0 Å². The summed E-state index contributed by atoms with van der Waals surface area (Å²) in [5, 5.41) is 19.4. The van der Waals surface area contributed by atoms with Gasteiger partial charge in [-0.1, -0.05) is 32.0 Å². The lowest BCUT2D eigenvalue weighted by atomic mass is 9.84. The van der Waals surface area contributed by atoms with Gasteiger partial charge in [0.1, 0.15) is 23.3 Å². The van der Waals surface area contributed by atoms with Crippen molar-refractivity contribution in [3.8, 4) is 23.3 Å². The number of rotatable bonds is 4. The molecule has 1 N–H and O–H groups in total. The second-order valence-electron chi connectivity index (χ2n) is 9.86. The molecule has 35 heavy (non-hydrogen) atoms. The summed E-state index contributed by atoms with van der Waals surface area (Å²) in [6.45, 7) is 4.91. The fourth-order valence-corrected chi connectivity index (χ4v) is 5.21. The molecule has 5 rings (SSSR count). The first-order valence-corrected chi connectivity index (χ1v) is 11.8. The number of aromatic nitrogens is 1. The number of aliphatic hydroxyl groups excluding tert-OH is 1. The van der Waals surface area contributed by atoms with Crippen LogP contribution in [0, 0.1) is 11.3 Å². The standard InChI is InChI=1S/C28H29N3O4/c1-27(2,18-32)21-10-8-19(16-24(21)34-3)26(33)30-14-12-28(13-15-30)25-11-9-20(17-29)31(25)22-6-4-5-7-23(22)35-28/h4-11,16,32H,12-15,18H2,1-3H3. The highest BCUT2D eigenvalue weighted by Gasteiger charge is 2.45. The van der Waals surface area contributed by atoms with Gasteiger partial charge in [0.05, 0.1) is 25.1 Å². The summed E-state index contributed by atoms with van der Waals surface area (Å²) in [5.74, 6) is 1.28. The quantitative estimate of drug-likeness (QED) is 0.618. The minimum absolute atomic E-state index is 0.0246. The van der Waals surface area contributed by atoms with Crippen LogP contribution in [-0.2, 0) is 11.0 Å². The Morgan fingerprint density at radius 1 is 1.17 bits per heavy atom. The number of hydrogen-bond donors (Lipinski definition) is 1. The Morgan fingerprint density at radius 3 is 2.60 bits per heavy atom. The molecule has 7 heteroatoms. The highest BCUT2D eigenvalue weighted by molar-refractivity contribution is 5.95. The molecule has 0 aliphatic carbocycles. The molecule has 2 aliphatic rings. The number of para-hydroxylation sites is 2. The molecule has 1 fully saturated rings. The SMILES string of the molecule is COc1cc(C(=O)N2CCC3(CC2)Oc2ccccc2-n2c(C#N)ccc23)ccc1C(C)(C)CO. The van der Waals surface area contributed by atoms with Crippen LogP contribution >= 0.6 is 0 Å². The minimum Gasteiger partial charge on any atom is -0.496 e. The summed E-state index contributed by atoms with van der Waals surface area (Å²) in [6, 6.07) is 19.3. The third kappa shape index (κ3) is 3.65. The van der Waals surface area contributed by atoms with E-state index < -0.39 is 11.0 Å². The molecule has 2 aliphatic heterocycles. The number of nitrogens with zero attached hydrogens (tertiary/aromatic N) is 3. The molecule has 0 bridgehead atoms. The minimum atomic E-state index is -0.590. The van der Waals surface area contributed by atoms with Gasteiger partial charge in [0.2, 0.25) is 0 Å². The predicted molar refractivity (Wildman–Crippen MR) is 131 cm³/mol. The smallest absolute Gasteiger partial charge is 0.253 e. The van der Waals surface area contributed by atoms with Crippen molar-refractivity contribution in [1.29, 1.82) is 5.26 Å². The first-order chi connectivity index (χ1) is 16.8. The monoisotopic (exact) mass is 471 g/mol. The number of benzene rings is 2. The van der Waals surface area contributed by atoms with Crippen LogP contribution in [0.3, 0.4) is 0 Å². The van der Waals surface area contributed by atoms with Crippen molar-refractivity contribution in [2.75, 3.05) is 26.8 Å². The van der Waals surface area contributed by atoms with Crippen molar-refractivity contribution in [3.63, 3.8) is 0 Å². The zero-order valence-corrected chi connectivity index (χ0v) is 20.2. The van der Waals surface area contributed by atoms with Crippen molar-refractivity contribution in [1.82, 2.24) is 9.47 Å². The first-order valence-electron chi connectivity index (χ1n) is 11.8. The fraction of sp³-hybridized carbons (Fsp3) is 0.357. The molecular weight excluding hydrogens is 442 g/mol. The second kappa shape index (κ2) is 8.47. The van der Waals surface area contributed by atoms with Crippen molar-refractivity contribution in [2.45, 2.75) is 37.7 Å². The van der Waals surface area contributed by atoms with E-state index >= 15 is 0 Å². The summed E-state index contributed by atoms with van der Waals surface area (Å²) in [6.07, 6.45) is 1.24. The Morgan fingerprint density at radius 2 is 1.91 bits per heavy atom. The van der Waals surface area contributed by atoms with Crippen LogP contribution in [0.15, 0.2) is 54.6 Å². The van der Waals surface area contributed by atoms with E-state index in [-0.39, 0.29) is 12.5 Å². The van der Waals surface area contributed by atoms with Crippen molar-refractivity contribution in [2.24, 2.45) is 0 Å². The van der Waals surface area contributed by atoms with E-state index in [1.54, 1.807) is 19.2 Å². The van der Waals surface area contributed by atoms with E-state index in [1.165, 1.54) is 0 Å². The Labute approximate surface area is 205 Å². The van der Waals surface area contributed by atoms with Gasteiger partial charge in [0.25, 0.3) is 5.91 Å². The summed E-state index contributed by atoms with van der Waals surface area (Å²) in [4.78, 5) is 15.2. The van der Waals surface area contributed by atoms with Crippen LogP contribution in [0.25, 0.3) is 5.69 Å². The molecule has 0 radical (unpaired) electrons. The number of ether oxygens (including phenoxy) is 2. The van der Waals surface area contributed by atoms with Crippen LogP contribution in [0.5, 0.6) is 11.5 Å². The van der Waals surface area contributed by atoms with Crippen LogP contribution in [0.2, 0.25) is 0 Å². The number of carbonyl (C=O) groups excluding carboxylic acids is 1. The summed E-state index contributed by atoms with van der Waals surface area (Å²) < 4.78 is 14.1. The average molecular weight is 472 g/mol. The highest BCUT2D eigenvalue weighted by Crippen LogP contribution is 2.46. The molecule has 0 saturated carbocycles. The summed E-state index contributed by atoms with van der Waals surface area (Å²) in [7, 11) is 1.58. The lowest BCUT2D eigenvalue weighted by molar-refractivity contribution is -0.00938. The predicted octanol–water partition coefficient (Wildman–Crippen LogP) is 4.15. The van der Waals surface area contributed by atoms with Gasteiger partial charge in [0.15, 0.2) is 5.60 Å². The molecule has 7 nitrogen and oxygen atoms in total. The van der Waals surface area contributed by atoms with Crippen molar-refractivity contribution >= 4 is 5.91 Å². The molecule has 1 aromatic heterocycles. The Hall–Kier alpha value is -3.76. The number of carbonyl (C=O) groups is 1. The van der Waals surface area contributed by atoms with Gasteiger partial charge < -0.3 is 19.5 Å². The number of piperidine rings is 1. The average Bonchev–Trinajstić information content (AvgIpc) is 3.34. The number of amides is 1. The third-order valence-electron chi connectivity index (χ3n) is 7.30. The number of hydrogen-bond acceptors (Lipinski definition) is 5. The molecule has 1 amide bonds. The van der Waals surface area contributed by atoms with E-state index in [1.807, 2.05) is 65.8 Å². The number of nitriles is 1. The fourth-order valence-electron chi connectivity index (χ4n) is 5.21. The zero-order chi connectivity index (χ0) is 24.8. The molecule has 180 valence electrons. The van der Waals surface area contributed by atoms with Crippen LogP contribution < -0.4 is 9.47 Å². The number of aliphatic hydroxyl groups is 1. The Balaban J connectivity index is 1.40. The molecule has 0 atom stereocenters.